The van der Waals surface area contributed by atoms with Crippen molar-refractivity contribution in [2.24, 2.45) is 0 Å². The number of benzene rings is 2. The van der Waals surface area contributed by atoms with Gasteiger partial charge in [0.05, 0.1) is 15.8 Å². The van der Waals surface area contributed by atoms with E-state index in [-0.39, 0.29) is 11.5 Å². The maximum Gasteiger partial charge on any atom is 0.258 e. The molecule has 122 valence electrons. The van der Waals surface area contributed by atoms with E-state index >= 15 is 0 Å². The van der Waals surface area contributed by atoms with Gasteiger partial charge in [-0.1, -0.05) is 23.5 Å². The van der Waals surface area contributed by atoms with Crippen molar-refractivity contribution in [1.82, 2.24) is 4.98 Å². The number of amides is 2. The summed E-state index contributed by atoms with van der Waals surface area (Å²) >= 11 is 1.31. The molecule has 3 aromatic rings. The molecule has 1 heterocycles. The van der Waals surface area contributed by atoms with Crippen LogP contribution in [-0.4, -0.2) is 16.8 Å². The standard InChI is InChI=1S/C17H14FN3O2S/c1-9-7-11(20-16(23)12-5-3-4-6-13(12)18)8-14-15(9)21-17(24-14)19-10(2)22/h3-8H,1-2H3,(H,20,23)(H,19,21,22). The van der Waals surface area contributed by atoms with Gasteiger partial charge in [-0.3, -0.25) is 9.59 Å². The molecule has 0 fully saturated rings. The van der Waals surface area contributed by atoms with Gasteiger partial charge in [-0.15, -0.1) is 0 Å². The quantitative estimate of drug-likeness (QED) is 0.756. The number of hydrogen-bond acceptors (Lipinski definition) is 4. The third-order valence-electron chi connectivity index (χ3n) is 3.34. The lowest BCUT2D eigenvalue weighted by molar-refractivity contribution is -0.114. The number of thiazole rings is 1. The smallest absolute Gasteiger partial charge is 0.258 e. The van der Waals surface area contributed by atoms with E-state index < -0.39 is 11.7 Å². The molecule has 0 aliphatic carbocycles. The van der Waals surface area contributed by atoms with Gasteiger partial charge in [0.15, 0.2) is 5.13 Å². The molecule has 0 radical (unpaired) electrons. The van der Waals surface area contributed by atoms with Crippen LogP contribution in [0.15, 0.2) is 36.4 Å². The summed E-state index contributed by atoms with van der Waals surface area (Å²) in [6, 6.07) is 9.32. The van der Waals surface area contributed by atoms with E-state index in [0.29, 0.717) is 10.8 Å². The Hall–Kier alpha value is -2.80. The Labute approximate surface area is 141 Å². The van der Waals surface area contributed by atoms with Crippen molar-refractivity contribution in [3.05, 3.63) is 53.3 Å². The summed E-state index contributed by atoms with van der Waals surface area (Å²) in [4.78, 5) is 27.7. The van der Waals surface area contributed by atoms with Crippen LogP contribution in [0.25, 0.3) is 10.2 Å². The van der Waals surface area contributed by atoms with Crippen LogP contribution in [0.5, 0.6) is 0 Å². The van der Waals surface area contributed by atoms with Gasteiger partial charge in [-0.05, 0) is 36.8 Å². The fraction of sp³-hybridized carbons (Fsp3) is 0.118. The van der Waals surface area contributed by atoms with Crippen LogP contribution in [0.3, 0.4) is 0 Å². The van der Waals surface area contributed by atoms with Gasteiger partial charge in [0.2, 0.25) is 5.91 Å². The Kier molecular flexibility index (Phi) is 4.26. The van der Waals surface area contributed by atoms with Crippen molar-refractivity contribution in [2.45, 2.75) is 13.8 Å². The zero-order chi connectivity index (χ0) is 17.3. The lowest BCUT2D eigenvalue weighted by Crippen LogP contribution is -2.13. The molecule has 7 heteroatoms. The summed E-state index contributed by atoms with van der Waals surface area (Å²) in [5.74, 6) is -1.28. The Morgan fingerprint density at radius 1 is 1.17 bits per heavy atom. The molecule has 0 unspecified atom stereocenters. The lowest BCUT2D eigenvalue weighted by atomic mass is 10.1. The first-order chi connectivity index (χ1) is 11.4. The molecule has 0 bridgehead atoms. The first kappa shape index (κ1) is 16.1. The largest absolute Gasteiger partial charge is 0.322 e. The van der Waals surface area contributed by atoms with Gasteiger partial charge in [0, 0.05) is 12.6 Å². The number of hydrogen-bond donors (Lipinski definition) is 2. The zero-order valence-corrected chi connectivity index (χ0v) is 13.8. The minimum Gasteiger partial charge on any atom is -0.322 e. The van der Waals surface area contributed by atoms with Crippen LogP contribution < -0.4 is 10.6 Å². The number of nitrogens with one attached hydrogen (secondary N) is 2. The van der Waals surface area contributed by atoms with Crippen LogP contribution in [0.1, 0.15) is 22.8 Å². The summed E-state index contributed by atoms with van der Waals surface area (Å²) in [7, 11) is 0. The van der Waals surface area contributed by atoms with E-state index in [2.05, 4.69) is 15.6 Å². The predicted octanol–water partition coefficient (Wildman–Crippen LogP) is 3.95. The highest BCUT2D eigenvalue weighted by Gasteiger charge is 2.13. The molecule has 0 aliphatic rings. The summed E-state index contributed by atoms with van der Waals surface area (Å²) < 4.78 is 14.5. The SMILES string of the molecule is CC(=O)Nc1nc2c(C)cc(NC(=O)c3ccccc3F)cc2s1. The molecular weight excluding hydrogens is 329 g/mol. The maximum atomic E-state index is 13.7. The number of carbonyl (C=O) groups excluding carboxylic acids is 2. The lowest BCUT2D eigenvalue weighted by Gasteiger charge is -2.07. The summed E-state index contributed by atoms with van der Waals surface area (Å²) in [6.07, 6.45) is 0. The molecule has 0 saturated carbocycles. The Bertz CT molecular complexity index is 952. The Morgan fingerprint density at radius 3 is 2.62 bits per heavy atom. The van der Waals surface area contributed by atoms with Crippen molar-refractivity contribution in [3.63, 3.8) is 0 Å². The van der Waals surface area contributed by atoms with Crippen LogP contribution in [0.2, 0.25) is 0 Å². The second-order valence-corrected chi connectivity index (χ2v) is 6.30. The second kappa shape index (κ2) is 6.37. The van der Waals surface area contributed by atoms with Gasteiger partial charge in [-0.2, -0.15) is 0 Å². The Balaban J connectivity index is 1.91. The maximum absolute atomic E-state index is 13.7. The van der Waals surface area contributed by atoms with E-state index in [1.165, 1.54) is 36.5 Å². The molecular formula is C17H14FN3O2S. The fourth-order valence-electron chi connectivity index (χ4n) is 2.32. The third-order valence-corrected chi connectivity index (χ3v) is 4.26. The van der Waals surface area contributed by atoms with E-state index in [0.717, 1.165) is 15.8 Å². The highest BCUT2D eigenvalue weighted by atomic mass is 32.1. The number of carbonyl (C=O) groups is 2. The first-order valence-corrected chi connectivity index (χ1v) is 8.00. The van der Waals surface area contributed by atoms with Crippen molar-refractivity contribution in [1.29, 1.82) is 0 Å². The minimum atomic E-state index is -0.571. The third kappa shape index (κ3) is 3.26. The van der Waals surface area contributed by atoms with Crippen molar-refractivity contribution >= 4 is 44.2 Å². The summed E-state index contributed by atoms with van der Waals surface area (Å²) in [5, 5.41) is 5.84. The molecule has 0 saturated heterocycles. The number of anilines is 2. The number of fused-ring (bicyclic) bond motifs is 1. The number of rotatable bonds is 3. The van der Waals surface area contributed by atoms with Gasteiger partial charge in [0.25, 0.3) is 5.91 Å². The number of aryl methyl sites for hydroxylation is 1. The van der Waals surface area contributed by atoms with E-state index in [1.807, 2.05) is 6.92 Å². The molecule has 24 heavy (non-hydrogen) atoms. The monoisotopic (exact) mass is 343 g/mol. The number of aromatic nitrogens is 1. The minimum absolute atomic E-state index is 0.0153. The highest BCUT2D eigenvalue weighted by molar-refractivity contribution is 7.22. The number of halogens is 1. The predicted molar refractivity (Wildman–Crippen MR) is 93.0 cm³/mol. The molecule has 1 aromatic heterocycles. The van der Waals surface area contributed by atoms with Crippen molar-refractivity contribution in [3.8, 4) is 0 Å². The van der Waals surface area contributed by atoms with Crippen LogP contribution >= 0.6 is 11.3 Å². The molecule has 2 aromatic carbocycles. The Morgan fingerprint density at radius 2 is 1.92 bits per heavy atom. The van der Waals surface area contributed by atoms with Gasteiger partial charge >= 0.3 is 0 Å². The normalized spacial score (nSPS) is 10.6. The van der Waals surface area contributed by atoms with Gasteiger partial charge in [0.1, 0.15) is 5.82 Å². The highest BCUT2D eigenvalue weighted by Crippen LogP contribution is 2.31. The molecule has 0 atom stereocenters. The van der Waals surface area contributed by atoms with Crippen molar-refractivity contribution in [2.75, 3.05) is 10.6 Å². The molecule has 0 spiro atoms. The van der Waals surface area contributed by atoms with Crippen LogP contribution in [0, 0.1) is 12.7 Å². The first-order valence-electron chi connectivity index (χ1n) is 7.18. The molecule has 2 amide bonds. The van der Waals surface area contributed by atoms with E-state index in [9.17, 15) is 14.0 Å². The van der Waals surface area contributed by atoms with Crippen LogP contribution in [0.4, 0.5) is 15.2 Å². The van der Waals surface area contributed by atoms with Gasteiger partial charge in [-0.25, -0.2) is 9.37 Å². The average Bonchev–Trinajstić information content (AvgIpc) is 2.89. The second-order valence-electron chi connectivity index (χ2n) is 5.27. The van der Waals surface area contributed by atoms with E-state index in [4.69, 9.17) is 0 Å². The molecule has 0 aliphatic heterocycles. The van der Waals surface area contributed by atoms with E-state index in [1.54, 1.807) is 18.2 Å². The molecule has 5 nitrogen and oxygen atoms in total. The summed E-state index contributed by atoms with van der Waals surface area (Å²) in [5.41, 5.74) is 2.14. The number of nitrogens with zero attached hydrogens (tertiary/aromatic N) is 1. The summed E-state index contributed by atoms with van der Waals surface area (Å²) in [6.45, 7) is 3.28. The van der Waals surface area contributed by atoms with Crippen molar-refractivity contribution < 1.29 is 14.0 Å². The molecule has 3 rings (SSSR count). The fourth-order valence-corrected chi connectivity index (χ4v) is 3.35. The van der Waals surface area contributed by atoms with Crippen LogP contribution in [-0.2, 0) is 4.79 Å². The average molecular weight is 343 g/mol. The zero-order valence-electron chi connectivity index (χ0n) is 13.0. The molecule has 2 N–H and O–H groups in total. The van der Waals surface area contributed by atoms with Gasteiger partial charge < -0.3 is 10.6 Å². The topological polar surface area (TPSA) is 71.1 Å².